The summed E-state index contributed by atoms with van der Waals surface area (Å²) in [6.07, 6.45) is 4.22. The summed E-state index contributed by atoms with van der Waals surface area (Å²) < 4.78 is 19.2. The highest BCUT2D eigenvalue weighted by Crippen LogP contribution is 2.35. The van der Waals surface area contributed by atoms with E-state index in [0.717, 1.165) is 37.6 Å². The fourth-order valence-electron chi connectivity index (χ4n) is 4.42. The van der Waals surface area contributed by atoms with Crippen LogP contribution >= 0.6 is 0 Å². The molecule has 0 spiro atoms. The van der Waals surface area contributed by atoms with Gasteiger partial charge in [0.25, 0.3) is 0 Å². The van der Waals surface area contributed by atoms with E-state index in [-0.39, 0.29) is 12.4 Å². The normalized spacial score (nSPS) is 18.6. The number of nitrogens with one attached hydrogen (secondary N) is 1. The first kappa shape index (κ1) is 20.4. The third-order valence-electron chi connectivity index (χ3n) is 5.93. The van der Waals surface area contributed by atoms with Crippen LogP contribution in [0.4, 0.5) is 4.39 Å². The third kappa shape index (κ3) is 4.79. The van der Waals surface area contributed by atoms with Crippen LogP contribution in [0.15, 0.2) is 60.7 Å². The van der Waals surface area contributed by atoms with E-state index in [1.807, 2.05) is 42.5 Å². The zero-order chi connectivity index (χ0) is 20.9. The summed E-state index contributed by atoms with van der Waals surface area (Å²) in [5.74, 6) is -0.0548. The Hall–Kier alpha value is -2.92. The molecule has 1 aliphatic carbocycles. The molecule has 3 aromatic rings. The van der Waals surface area contributed by atoms with E-state index >= 15 is 0 Å². The van der Waals surface area contributed by atoms with Gasteiger partial charge in [-0.3, -0.25) is 0 Å². The number of halogens is 1. The number of carboxylic acids is 1. The van der Waals surface area contributed by atoms with Crippen molar-refractivity contribution in [2.24, 2.45) is 0 Å². The first-order valence-corrected chi connectivity index (χ1v) is 10.4. The van der Waals surface area contributed by atoms with Gasteiger partial charge in [0.1, 0.15) is 11.6 Å². The summed E-state index contributed by atoms with van der Waals surface area (Å²) in [5, 5.41) is 14.0. The lowest BCUT2D eigenvalue weighted by molar-refractivity contribution is -0.139. The minimum absolute atomic E-state index is 0.166. The molecule has 156 valence electrons. The standard InChI is InChI=1S/C25H26FNO3/c26-24-6-2-4-22-18(3-1-5-23(22)24)13-14-27-20-10-7-19(15-20)17-8-11-21(12-9-17)30-16-25(28)29/h1-6,8-9,11-12,19-20,27H,7,10,13-16H2,(H,28,29)/t19-,20-/m1/s1. The number of carboxylic acid groups (broad SMARTS) is 1. The van der Waals surface area contributed by atoms with Crippen LogP contribution in [0.2, 0.25) is 0 Å². The molecule has 1 saturated carbocycles. The molecule has 2 atom stereocenters. The predicted molar refractivity (Wildman–Crippen MR) is 116 cm³/mol. The monoisotopic (exact) mass is 407 g/mol. The van der Waals surface area contributed by atoms with Crippen LogP contribution in [0.25, 0.3) is 10.8 Å². The van der Waals surface area contributed by atoms with Gasteiger partial charge in [0.2, 0.25) is 0 Å². The molecule has 0 aliphatic heterocycles. The molecule has 5 heteroatoms. The number of ether oxygens (including phenoxy) is 1. The van der Waals surface area contributed by atoms with Crippen molar-refractivity contribution in [3.8, 4) is 5.75 Å². The first-order chi connectivity index (χ1) is 14.6. The van der Waals surface area contributed by atoms with Gasteiger partial charge in [0, 0.05) is 11.4 Å². The van der Waals surface area contributed by atoms with Crippen molar-refractivity contribution in [1.29, 1.82) is 0 Å². The van der Waals surface area contributed by atoms with Gasteiger partial charge in [-0.05, 0) is 72.9 Å². The second kappa shape index (κ2) is 9.26. The van der Waals surface area contributed by atoms with Crippen LogP contribution in [0.5, 0.6) is 5.75 Å². The Kier molecular flexibility index (Phi) is 6.29. The maximum atomic E-state index is 14.0. The predicted octanol–water partition coefficient (Wildman–Crippen LogP) is 4.91. The number of hydrogen-bond acceptors (Lipinski definition) is 3. The number of fused-ring (bicyclic) bond motifs is 1. The number of hydrogen-bond donors (Lipinski definition) is 2. The lowest BCUT2D eigenvalue weighted by Gasteiger charge is -2.15. The summed E-state index contributed by atoms with van der Waals surface area (Å²) in [5.41, 5.74) is 2.44. The molecule has 0 radical (unpaired) electrons. The minimum atomic E-state index is -0.975. The molecule has 4 rings (SSSR count). The molecule has 1 fully saturated rings. The van der Waals surface area contributed by atoms with Crippen LogP contribution in [0.1, 0.15) is 36.3 Å². The molecule has 3 aromatic carbocycles. The molecule has 2 N–H and O–H groups in total. The van der Waals surface area contributed by atoms with Crippen LogP contribution in [0, 0.1) is 5.82 Å². The third-order valence-corrected chi connectivity index (χ3v) is 5.93. The van der Waals surface area contributed by atoms with Crippen LogP contribution in [-0.4, -0.2) is 30.3 Å². The summed E-state index contributed by atoms with van der Waals surface area (Å²) >= 11 is 0. The quantitative estimate of drug-likeness (QED) is 0.557. The second-order valence-corrected chi connectivity index (χ2v) is 7.91. The Bertz CT molecular complexity index is 1020. The number of carbonyl (C=O) groups is 1. The lowest BCUT2D eigenvalue weighted by Crippen LogP contribution is -2.28. The largest absolute Gasteiger partial charge is 0.482 e. The van der Waals surface area contributed by atoms with E-state index in [2.05, 4.69) is 11.4 Å². The fraction of sp³-hybridized carbons (Fsp3) is 0.320. The van der Waals surface area contributed by atoms with Gasteiger partial charge in [0.05, 0.1) is 0 Å². The highest BCUT2D eigenvalue weighted by atomic mass is 19.1. The van der Waals surface area contributed by atoms with E-state index in [0.29, 0.717) is 23.1 Å². The van der Waals surface area contributed by atoms with Gasteiger partial charge in [-0.1, -0.05) is 42.5 Å². The second-order valence-electron chi connectivity index (χ2n) is 7.91. The molecule has 0 heterocycles. The Labute approximate surface area is 175 Å². The molecular weight excluding hydrogens is 381 g/mol. The van der Waals surface area contributed by atoms with E-state index < -0.39 is 5.97 Å². The van der Waals surface area contributed by atoms with Gasteiger partial charge in [0.15, 0.2) is 6.61 Å². The maximum absolute atomic E-state index is 14.0. The van der Waals surface area contributed by atoms with Crippen molar-refractivity contribution in [3.63, 3.8) is 0 Å². The lowest BCUT2D eigenvalue weighted by atomic mass is 9.97. The zero-order valence-electron chi connectivity index (χ0n) is 16.8. The highest BCUT2D eigenvalue weighted by molar-refractivity contribution is 5.86. The summed E-state index contributed by atoms with van der Waals surface area (Å²) in [7, 11) is 0. The Morgan fingerprint density at radius 2 is 1.80 bits per heavy atom. The van der Waals surface area contributed by atoms with Crippen LogP contribution in [0.3, 0.4) is 0 Å². The Morgan fingerprint density at radius 1 is 1.03 bits per heavy atom. The average Bonchev–Trinajstić information content (AvgIpc) is 3.22. The van der Waals surface area contributed by atoms with Crippen molar-refractivity contribution in [2.75, 3.05) is 13.2 Å². The molecule has 30 heavy (non-hydrogen) atoms. The minimum Gasteiger partial charge on any atom is -0.482 e. The number of aliphatic carboxylic acids is 1. The summed E-state index contributed by atoms with van der Waals surface area (Å²) in [6, 6.07) is 19.4. The number of rotatable bonds is 8. The van der Waals surface area contributed by atoms with Crippen molar-refractivity contribution in [1.82, 2.24) is 5.32 Å². The molecule has 4 nitrogen and oxygen atoms in total. The van der Waals surface area contributed by atoms with Crippen LogP contribution < -0.4 is 10.1 Å². The van der Waals surface area contributed by atoms with Gasteiger partial charge >= 0.3 is 5.97 Å². The van der Waals surface area contributed by atoms with Crippen molar-refractivity contribution < 1.29 is 19.0 Å². The first-order valence-electron chi connectivity index (χ1n) is 10.4. The van der Waals surface area contributed by atoms with Gasteiger partial charge in [-0.15, -0.1) is 0 Å². The number of benzene rings is 3. The summed E-state index contributed by atoms with van der Waals surface area (Å²) in [4.78, 5) is 10.6. The van der Waals surface area contributed by atoms with Crippen molar-refractivity contribution >= 4 is 16.7 Å². The topological polar surface area (TPSA) is 58.6 Å². The average molecular weight is 407 g/mol. The molecular formula is C25H26FNO3. The molecule has 0 aromatic heterocycles. The smallest absolute Gasteiger partial charge is 0.341 e. The van der Waals surface area contributed by atoms with E-state index in [1.165, 1.54) is 17.2 Å². The molecule has 1 aliphatic rings. The SMILES string of the molecule is O=C(O)COc1ccc([C@@H]2CC[C@@H](NCCc3cccc4c(F)cccc34)C2)cc1. The molecule has 0 amide bonds. The molecule has 0 bridgehead atoms. The molecule has 0 unspecified atom stereocenters. The van der Waals surface area contributed by atoms with E-state index in [4.69, 9.17) is 9.84 Å². The highest BCUT2D eigenvalue weighted by Gasteiger charge is 2.25. The van der Waals surface area contributed by atoms with Crippen molar-refractivity contribution in [2.45, 2.75) is 37.6 Å². The van der Waals surface area contributed by atoms with Gasteiger partial charge in [-0.25, -0.2) is 9.18 Å². The van der Waals surface area contributed by atoms with Crippen LogP contribution in [-0.2, 0) is 11.2 Å². The fourth-order valence-corrected chi connectivity index (χ4v) is 4.42. The van der Waals surface area contributed by atoms with Gasteiger partial charge in [-0.2, -0.15) is 0 Å². The van der Waals surface area contributed by atoms with E-state index in [9.17, 15) is 9.18 Å². The Morgan fingerprint density at radius 3 is 2.60 bits per heavy atom. The molecule has 0 saturated heterocycles. The summed E-state index contributed by atoms with van der Waals surface area (Å²) in [6.45, 7) is 0.549. The maximum Gasteiger partial charge on any atom is 0.341 e. The van der Waals surface area contributed by atoms with Gasteiger partial charge < -0.3 is 15.2 Å². The van der Waals surface area contributed by atoms with E-state index in [1.54, 1.807) is 6.07 Å². The Balaban J connectivity index is 1.29. The zero-order valence-corrected chi connectivity index (χ0v) is 16.8. The van der Waals surface area contributed by atoms with Crippen molar-refractivity contribution in [3.05, 3.63) is 77.6 Å².